The predicted molar refractivity (Wildman–Crippen MR) is 77.7 cm³/mol. The first kappa shape index (κ1) is 13.1. The zero-order valence-corrected chi connectivity index (χ0v) is 11.9. The standard InChI is InChI=1S/C15H16BrNO/c1-11-6-2-5-9-14(11)18-15(10-17)12-7-3-4-8-13(12)16/h2-9,15H,10,17H2,1H3. The van der Waals surface area contributed by atoms with Gasteiger partial charge in [0.25, 0.3) is 0 Å². The number of aryl methyl sites for hydroxylation is 1. The SMILES string of the molecule is Cc1ccccc1OC(CN)c1ccccc1Br. The average Bonchev–Trinajstić information content (AvgIpc) is 2.39. The fourth-order valence-corrected chi connectivity index (χ4v) is 2.36. The summed E-state index contributed by atoms with van der Waals surface area (Å²) in [5.74, 6) is 0.878. The highest BCUT2D eigenvalue weighted by atomic mass is 79.9. The molecule has 18 heavy (non-hydrogen) atoms. The molecule has 94 valence electrons. The van der Waals surface area contributed by atoms with Crippen molar-refractivity contribution >= 4 is 15.9 Å². The average molecular weight is 306 g/mol. The highest BCUT2D eigenvalue weighted by molar-refractivity contribution is 9.10. The van der Waals surface area contributed by atoms with Gasteiger partial charge in [-0.3, -0.25) is 0 Å². The number of ether oxygens (including phenoxy) is 1. The molecule has 0 aliphatic carbocycles. The molecule has 0 bridgehead atoms. The molecule has 0 fully saturated rings. The van der Waals surface area contributed by atoms with Gasteiger partial charge in [0.1, 0.15) is 11.9 Å². The van der Waals surface area contributed by atoms with Crippen molar-refractivity contribution in [3.63, 3.8) is 0 Å². The van der Waals surface area contributed by atoms with E-state index in [1.54, 1.807) is 0 Å². The molecule has 0 spiro atoms. The van der Waals surface area contributed by atoms with Crippen LogP contribution in [-0.4, -0.2) is 6.54 Å². The third kappa shape index (κ3) is 2.92. The van der Waals surface area contributed by atoms with Crippen molar-refractivity contribution < 1.29 is 4.74 Å². The largest absolute Gasteiger partial charge is 0.484 e. The fraction of sp³-hybridized carbons (Fsp3) is 0.200. The number of halogens is 1. The number of hydrogen-bond acceptors (Lipinski definition) is 2. The summed E-state index contributed by atoms with van der Waals surface area (Å²) in [6, 6.07) is 16.0. The Bertz CT molecular complexity index is 527. The quantitative estimate of drug-likeness (QED) is 0.931. The Kier molecular flexibility index (Phi) is 4.39. The van der Waals surface area contributed by atoms with E-state index in [1.165, 1.54) is 0 Å². The lowest BCUT2D eigenvalue weighted by molar-refractivity contribution is 0.212. The maximum atomic E-state index is 6.01. The van der Waals surface area contributed by atoms with E-state index in [1.807, 2.05) is 55.5 Å². The van der Waals surface area contributed by atoms with Crippen LogP contribution in [0.4, 0.5) is 0 Å². The van der Waals surface area contributed by atoms with E-state index in [0.29, 0.717) is 6.54 Å². The summed E-state index contributed by atoms with van der Waals surface area (Å²) in [7, 11) is 0. The second-order valence-corrected chi connectivity index (χ2v) is 4.98. The van der Waals surface area contributed by atoms with Crippen molar-refractivity contribution in [2.75, 3.05) is 6.54 Å². The first-order chi connectivity index (χ1) is 8.72. The maximum absolute atomic E-state index is 6.01. The smallest absolute Gasteiger partial charge is 0.137 e. The minimum absolute atomic E-state index is 0.137. The molecule has 0 radical (unpaired) electrons. The molecule has 2 nitrogen and oxygen atoms in total. The zero-order chi connectivity index (χ0) is 13.0. The summed E-state index contributed by atoms with van der Waals surface area (Å²) in [5, 5.41) is 0. The number of hydrogen-bond donors (Lipinski definition) is 1. The minimum atomic E-state index is -0.137. The van der Waals surface area contributed by atoms with E-state index >= 15 is 0 Å². The van der Waals surface area contributed by atoms with Crippen LogP contribution in [0.15, 0.2) is 53.0 Å². The molecule has 2 aromatic rings. The van der Waals surface area contributed by atoms with Gasteiger partial charge in [-0.1, -0.05) is 52.3 Å². The second kappa shape index (κ2) is 6.03. The van der Waals surface area contributed by atoms with Gasteiger partial charge < -0.3 is 10.5 Å². The minimum Gasteiger partial charge on any atom is -0.484 e. The van der Waals surface area contributed by atoms with Crippen LogP contribution >= 0.6 is 15.9 Å². The van der Waals surface area contributed by atoms with Crippen LogP contribution in [0.2, 0.25) is 0 Å². The molecular formula is C15H16BrNO. The predicted octanol–water partition coefficient (Wildman–Crippen LogP) is 3.84. The number of para-hydroxylation sites is 1. The summed E-state index contributed by atoms with van der Waals surface area (Å²) >= 11 is 3.53. The Morgan fingerprint density at radius 2 is 1.78 bits per heavy atom. The van der Waals surface area contributed by atoms with Gasteiger partial charge >= 0.3 is 0 Å². The number of nitrogens with two attached hydrogens (primary N) is 1. The van der Waals surface area contributed by atoms with Crippen molar-refractivity contribution in [3.8, 4) is 5.75 Å². The Morgan fingerprint density at radius 3 is 2.44 bits per heavy atom. The van der Waals surface area contributed by atoms with E-state index in [0.717, 1.165) is 21.3 Å². The van der Waals surface area contributed by atoms with Gasteiger partial charge in [-0.05, 0) is 24.6 Å². The van der Waals surface area contributed by atoms with Crippen LogP contribution in [-0.2, 0) is 0 Å². The topological polar surface area (TPSA) is 35.2 Å². The molecule has 0 amide bonds. The number of rotatable bonds is 4. The molecule has 2 aromatic carbocycles. The Hall–Kier alpha value is -1.32. The lowest BCUT2D eigenvalue weighted by Crippen LogP contribution is -2.19. The van der Waals surface area contributed by atoms with Crippen LogP contribution in [0, 0.1) is 6.92 Å². The van der Waals surface area contributed by atoms with Crippen LogP contribution in [0.25, 0.3) is 0 Å². The monoisotopic (exact) mass is 305 g/mol. The summed E-state index contributed by atoms with van der Waals surface area (Å²) in [4.78, 5) is 0. The normalized spacial score (nSPS) is 12.2. The molecule has 3 heteroatoms. The molecule has 0 aliphatic heterocycles. The van der Waals surface area contributed by atoms with Crippen LogP contribution in [0.1, 0.15) is 17.2 Å². The molecule has 2 rings (SSSR count). The van der Waals surface area contributed by atoms with Gasteiger partial charge in [-0.15, -0.1) is 0 Å². The van der Waals surface area contributed by atoms with Gasteiger partial charge in [-0.2, -0.15) is 0 Å². The molecule has 0 aliphatic rings. The Labute approximate surface area is 116 Å². The maximum Gasteiger partial charge on any atom is 0.137 e. The first-order valence-electron chi connectivity index (χ1n) is 5.89. The van der Waals surface area contributed by atoms with Crippen LogP contribution < -0.4 is 10.5 Å². The van der Waals surface area contributed by atoms with E-state index in [9.17, 15) is 0 Å². The highest BCUT2D eigenvalue weighted by Gasteiger charge is 2.15. The lowest BCUT2D eigenvalue weighted by Gasteiger charge is -2.20. The molecule has 0 heterocycles. The molecule has 0 aromatic heterocycles. The molecule has 1 unspecified atom stereocenters. The summed E-state index contributed by atoms with van der Waals surface area (Å²) < 4.78 is 7.03. The first-order valence-corrected chi connectivity index (χ1v) is 6.68. The van der Waals surface area contributed by atoms with E-state index in [2.05, 4.69) is 15.9 Å². The molecule has 2 N–H and O–H groups in total. The Morgan fingerprint density at radius 1 is 1.11 bits per heavy atom. The van der Waals surface area contributed by atoms with Crippen LogP contribution in [0.3, 0.4) is 0 Å². The van der Waals surface area contributed by atoms with E-state index in [-0.39, 0.29) is 6.10 Å². The van der Waals surface area contributed by atoms with E-state index in [4.69, 9.17) is 10.5 Å². The second-order valence-electron chi connectivity index (χ2n) is 4.13. The van der Waals surface area contributed by atoms with Crippen molar-refractivity contribution in [2.45, 2.75) is 13.0 Å². The molecule has 1 atom stereocenters. The summed E-state index contributed by atoms with van der Waals surface area (Å²) in [6.45, 7) is 2.47. The van der Waals surface area contributed by atoms with Crippen molar-refractivity contribution in [2.24, 2.45) is 5.73 Å². The Balaban J connectivity index is 2.26. The number of benzene rings is 2. The van der Waals surface area contributed by atoms with Crippen molar-refractivity contribution in [1.29, 1.82) is 0 Å². The van der Waals surface area contributed by atoms with Gasteiger partial charge in [-0.25, -0.2) is 0 Å². The third-order valence-corrected chi connectivity index (χ3v) is 3.55. The van der Waals surface area contributed by atoms with E-state index < -0.39 is 0 Å². The summed E-state index contributed by atoms with van der Waals surface area (Å²) in [5.41, 5.74) is 8.01. The molecular weight excluding hydrogens is 290 g/mol. The molecule has 0 saturated heterocycles. The van der Waals surface area contributed by atoms with Gasteiger partial charge in [0.15, 0.2) is 0 Å². The summed E-state index contributed by atoms with van der Waals surface area (Å²) in [6.07, 6.45) is -0.137. The van der Waals surface area contributed by atoms with Crippen molar-refractivity contribution in [3.05, 3.63) is 64.1 Å². The van der Waals surface area contributed by atoms with Gasteiger partial charge in [0, 0.05) is 16.6 Å². The van der Waals surface area contributed by atoms with Crippen LogP contribution in [0.5, 0.6) is 5.75 Å². The molecule has 0 saturated carbocycles. The van der Waals surface area contributed by atoms with Gasteiger partial charge in [0.05, 0.1) is 0 Å². The zero-order valence-electron chi connectivity index (χ0n) is 10.3. The van der Waals surface area contributed by atoms with Gasteiger partial charge in [0.2, 0.25) is 0 Å². The lowest BCUT2D eigenvalue weighted by atomic mass is 10.1. The van der Waals surface area contributed by atoms with Crippen molar-refractivity contribution in [1.82, 2.24) is 0 Å². The fourth-order valence-electron chi connectivity index (χ4n) is 1.82. The highest BCUT2D eigenvalue weighted by Crippen LogP contribution is 2.28. The third-order valence-electron chi connectivity index (χ3n) is 2.83.